The van der Waals surface area contributed by atoms with Gasteiger partial charge in [-0.15, -0.1) is 6.42 Å². The molecule has 11 heavy (non-hydrogen) atoms. The average Bonchev–Trinajstić information content (AvgIpc) is 1.81. The first kappa shape index (κ1) is 13.7. The first-order chi connectivity index (χ1) is 4.49. The maximum atomic E-state index is 8.50. The van der Waals surface area contributed by atoms with Gasteiger partial charge in [0, 0.05) is 0 Å². The summed E-state index contributed by atoms with van der Waals surface area (Å²) in [5, 5.41) is 8.50. The molecule has 0 saturated heterocycles. The minimum Gasteiger partial charge on any atom is -0.557 e. The molecule has 0 aromatic carbocycles. The third-order valence-electron chi connectivity index (χ3n) is 0.875. The van der Waals surface area contributed by atoms with Crippen molar-refractivity contribution in [1.82, 2.24) is 0 Å². The predicted octanol–water partition coefficient (Wildman–Crippen LogP) is -0.693. The summed E-state index contributed by atoms with van der Waals surface area (Å²) in [6.45, 7) is 8.14. The zero-order valence-electron chi connectivity index (χ0n) is 8.06. The van der Waals surface area contributed by atoms with E-state index in [1.165, 1.54) is 0 Å². The molecule has 0 spiro atoms. The molecular weight excluding hydrogens is 149 g/mol. The van der Waals surface area contributed by atoms with Crippen LogP contribution in [-0.4, -0.2) is 8.32 Å². The van der Waals surface area contributed by atoms with Crippen molar-refractivity contribution >= 4 is 8.32 Å². The Morgan fingerprint density at radius 2 is 1.91 bits per heavy atom. The molecule has 0 aliphatic heterocycles. The zero-order chi connectivity index (χ0) is 8.20. The number of rotatable bonds is 3. The summed E-state index contributed by atoms with van der Waals surface area (Å²) in [6.07, 6.45) is 1.28. The van der Waals surface area contributed by atoms with E-state index in [1.54, 1.807) is 0 Å². The van der Waals surface area contributed by atoms with Gasteiger partial charge in [0.05, 0.1) is 0 Å². The molecule has 0 saturated carbocycles. The van der Waals surface area contributed by atoms with Crippen LogP contribution >= 0.6 is 0 Å². The minimum absolute atomic E-state index is 0. The normalized spacial score (nSPS) is 9.73. The molecule has 0 heterocycles. The molecule has 0 N–H and O–H groups in total. The van der Waals surface area contributed by atoms with Crippen LogP contribution in [0.15, 0.2) is 0 Å². The maximum Gasteiger partial charge on any atom is 1.00 e. The topological polar surface area (TPSA) is 33.0 Å². The van der Waals surface area contributed by atoms with Crippen molar-refractivity contribution in [1.29, 1.82) is 5.26 Å². The molecule has 0 aliphatic rings. The monoisotopic (exact) mass is 163 g/mol. The van der Waals surface area contributed by atoms with Gasteiger partial charge in [-0.3, -0.25) is 0 Å². The van der Waals surface area contributed by atoms with Crippen LogP contribution < -0.4 is 18.9 Å². The summed E-state index contributed by atoms with van der Waals surface area (Å²) < 4.78 is 5.43. The Balaban J connectivity index is 0. The van der Waals surface area contributed by atoms with Crippen LogP contribution in [0.2, 0.25) is 19.6 Å². The fourth-order valence-corrected chi connectivity index (χ4v) is 1.47. The third kappa shape index (κ3) is 8.04. The van der Waals surface area contributed by atoms with Gasteiger partial charge in [0.15, 0.2) is 8.32 Å². The van der Waals surface area contributed by atoms with E-state index in [1.807, 2.05) is 13.0 Å². The smallest absolute Gasteiger partial charge is 0.557 e. The Hall–Kier alpha value is 0.134. The molecule has 2 nitrogen and oxygen atoms in total. The van der Waals surface area contributed by atoms with E-state index in [4.69, 9.17) is 9.69 Å². The Kier molecular flexibility index (Phi) is 7.16. The van der Waals surface area contributed by atoms with E-state index in [-0.39, 0.29) is 18.9 Å². The predicted molar refractivity (Wildman–Crippen MR) is 43.6 cm³/mol. The molecule has 0 rings (SSSR count). The summed E-state index contributed by atoms with van der Waals surface area (Å²) in [4.78, 5) is 0. The van der Waals surface area contributed by atoms with E-state index in [0.29, 0.717) is 12.5 Å². The molecule has 0 bridgehead atoms. The van der Waals surface area contributed by atoms with E-state index in [9.17, 15) is 0 Å². The second-order valence-corrected chi connectivity index (χ2v) is 7.53. The second-order valence-electron chi connectivity index (χ2n) is 3.10. The molecule has 0 radical (unpaired) electrons. The van der Waals surface area contributed by atoms with E-state index >= 15 is 0 Å². The molecule has 58 valence electrons. The first-order valence-electron chi connectivity index (χ1n) is 3.44. The molecule has 0 aromatic rings. The number of nitriles is 1. The molecule has 0 aromatic heterocycles. The van der Waals surface area contributed by atoms with Gasteiger partial charge in [0.25, 0.3) is 0 Å². The van der Waals surface area contributed by atoms with Crippen LogP contribution in [0.25, 0.3) is 0 Å². The van der Waals surface area contributed by atoms with Crippen molar-refractivity contribution in [2.24, 2.45) is 0 Å². The second kappa shape index (κ2) is 5.74. The van der Waals surface area contributed by atoms with Gasteiger partial charge in [-0.1, -0.05) is 13.0 Å². The molecule has 0 atom stereocenters. The molecular formula is C7H14LiNOSi. The van der Waals surface area contributed by atoms with Gasteiger partial charge >= 0.3 is 18.9 Å². The van der Waals surface area contributed by atoms with Crippen LogP contribution in [0, 0.1) is 17.4 Å². The van der Waals surface area contributed by atoms with Gasteiger partial charge in [0.1, 0.15) is 0 Å². The van der Waals surface area contributed by atoms with Gasteiger partial charge in [-0.25, -0.2) is 5.26 Å². The number of nitrogens with zero attached hydrogens (tertiary/aromatic N) is 1. The summed E-state index contributed by atoms with van der Waals surface area (Å²) >= 11 is 0. The van der Waals surface area contributed by atoms with Crippen molar-refractivity contribution in [3.05, 3.63) is 6.10 Å². The van der Waals surface area contributed by atoms with Crippen molar-refractivity contribution < 1.29 is 23.3 Å². The molecule has 0 aliphatic carbocycles. The largest absolute Gasteiger partial charge is 1.00 e. The molecule has 4 heteroatoms. The standard InChI is InChI=1S/C7H14NOSi.Li/c1-5-7(6-8)9-10(2,3)4;/h5H2,1-4H3;/q-1;+1. The fourth-order valence-electron chi connectivity index (χ4n) is 0.544. The molecule has 0 fully saturated rings. The third-order valence-corrected chi connectivity index (χ3v) is 1.73. The van der Waals surface area contributed by atoms with Gasteiger partial charge in [-0.2, -0.15) is 6.10 Å². The number of hydrogen-bond acceptors (Lipinski definition) is 2. The van der Waals surface area contributed by atoms with Crippen LogP contribution in [0.4, 0.5) is 0 Å². The van der Waals surface area contributed by atoms with Crippen LogP contribution in [0.5, 0.6) is 0 Å². The van der Waals surface area contributed by atoms with Crippen LogP contribution in [0.1, 0.15) is 13.3 Å². The van der Waals surface area contributed by atoms with Crippen molar-refractivity contribution in [2.45, 2.75) is 33.0 Å². The van der Waals surface area contributed by atoms with E-state index < -0.39 is 8.32 Å². The SMILES string of the molecule is CC[C-](C#N)O[Si](C)(C)C.[Li+]. The fraction of sp³-hybridized carbons (Fsp3) is 0.714. The number of hydrogen-bond donors (Lipinski definition) is 0. The van der Waals surface area contributed by atoms with E-state index in [0.717, 1.165) is 0 Å². The molecule has 0 amide bonds. The summed E-state index contributed by atoms with van der Waals surface area (Å²) in [5.41, 5.74) is 0. The Morgan fingerprint density at radius 1 is 1.45 bits per heavy atom. The summed E-state index contributed by atoms with van der Waals surface area (Å²) in [6, 6.07) is 2.04. The van der Waals surface area contributed by atoms with E-state index in [2.05, 4.69) is 19.6 Å². The quantitative estimate of drug-likeness (QED) is 0.407. The maximum absolute atomic E-state index is 8.50. The average molecular weight is 163 g/mol. The molecule has 0 unspecified atom stereocenters. The van der Waals surface area contributed by atoms with Gasteiger partial charge in [0.2, 0.25) is 0 Å². The van der Waals surface area contributed by atoms with Crippen molar-refractivity contribution in [2.75, 3.05) is 0 Å². The summed E-state index contributed by atoms with van der Waals surface area (Å²) in [5.74, 6) is 0. The first-order valence-corrected chi connectivity index (χ1v) is 6.85. The Morgan fingerprint density at radius 3 is 2.00 bits per heavy atom. The van der Waals surface area contributed by atoms with Crippen molar-refractivity contribution in [3.63, 3.8) is 0 Å². The van der Waals surface area contributed by atoms with Gasteiger partial charge < -0.3 is 4.43 Å². The van der Waals surface area contributed by atoms with Crippen LogP contribution in [-0.2, 0) is 4.43 Å². The summed E-state index contributed by atoms with van der Waals surface area (Å²) in [7, 11) is -1.52. The van der Waals surface area contributed by atoms with Gasteiger partial charge in [-0.05, 0) is 19.6 Å². The van der Waals surface area contributed by atoms with Crippen LogP contribution in [0.3, 0.4) is 0 Å². The Labute approximate surface area is 82.2 Å². The van der Waals surface area contributed by atoms with Crippen molar-refractivity contribution in [3.8, 4) is 6.07 Å². The Bertz CT molecular complexity index is 138. The minimum atomic E-state index is -1.52. The zero-order valence-corrected chi connectivity index (χ0v) is 9.06.